The summed E-state index contributed by atoms with van der Waals surface area (Å²) >= 11 is 0. The van der Waals surface area contributed by atoms with E-state index in [1.54, 1.807) is 12.5 Å². The fourth-order valence-corrected chi connectivity index (χ4v) is 2.21. The Kier molecular flexibility index (Phi) is 2.61. The first-order chi connectivity index (χ1) is 7.18. The zero-order chi connectivity index (χ0) is 10.9. The summed E-state index contributed by atoms with van der Waals surface area (Å²) in [6.07, 6.45) is 7.92. The molecule has 1 aromatic rings. The van der Waals surface area contributed by atoms with Gasteiger partial charge >= 0.3 is 0 Å². The number of rotatable bonds is 4. The summed E-state index contributed by atoms with van der Waals surface area (Å²) in [6, 6.07) is 0. The van der Waals surface area contributed by atoms with Gasteiger partial charge in [0.15, 0.2) is 6.29 Å². The van der Waals surface area contributed by atoms with Gasteiger partial charge in [0.1, 0.15) is 5.69 Å². The second-order valence-electron chi connectivity index (χ2n) is 4.54. The van der Waals surface area contributed by atoms with Gasteiger partial charge in [-0.2, -0.15) is 0 Å². The van der Waals surface area contributed by atoms with Gasteiger partial charge in [0.25, 0.3) is 0 Å². The van der Waals surface area contributed by atoms with E-state index in [9.17, 15) is 4.79 Å². The van der Waals surface area contributed by atoms with Gasteiger partial charge in [0.05, 0.1) is 12.5 Å². The third-order valence-electron chi connectivity index (χ3n) is 3.56. The standard InChI is InChI=1S/C11H17N3O/c1-13(2)11(4-3-5-11)8-14-9-12-6-10(14)7-15/h6-7,9H,3-5,8H2,1-2H3. The Morgan fingerprint density at radius 3 is 2.80 bits per heavy atom. The molecule has 2 rings (SSSR count). The number of hydrogen-bond donors (Lipinski definition) is 0. The van der Waals surface area contributed by atoms with E-state index in [1.165, 1.54) is 19.3 Å². The number of carbonyl (C=O) groups excluding carboxylic acids is 1. The lowest BCUT2D eigenvalue weighted by molar-refractivity contribution is 0.0418. The van der Waals surface area contributed by atoms with Crippen molar-refractivity contribution in [2.24, 2.45) is 0 Å². The van der Waals surface area contributed by atoms with Crippen LogP contribution in [0.4, 0.5) is 0 Å². The number of nitrogens with zero attached hydrogens (tertiary/aromatic N) is 3. The molecule has 1 aliphatic carbocycles. The van der Waals surface area contributed by atoms with Gasteiger partial charge < -0.3 is 9.47 Å². The minimum atomic E-state index is 0.235. The molecule has 1 aromatic heterocycles. The van der Waals surface area contributed by atoms with Crippen LogP contribution in [-0.4, -0.2) is 40.4 Å². The highest BCUT2D eigenvalue weighted by atomic mass is 16.1. The Morgan fingerprint density at radius 2 is 2.33 bits per heavy atom. The van der Waals surface area contributed by atoms with E-state index >= 15 is 0 Å². The summed E-state index contributed by atoms with van der Waals surface area (Å²) in [5, 5.41) is 0. The monoisotopic (exact) mass is 207 g/mol. The third-order valence-corrected chi connectivity index (χ3v) is 3.56. The topological polar surface area (TPSA) is 38.1 Å². The van der Waals surface area contributed by atoms with Gasteiger partial charge in [-0.05, 0) is 33.4 Å². The third kappa shape index (κ3) is 1.69. The first-order valence-electron chi connectivity index (χ1n) is 5.31. The molecule has 0 atom stereocenters. The van der Waals surface area contributed by atoms with Crippen LogP contribution < -0.4 is 0 Å². The van der Waals surface area contributed by atoms with Gasteiger partial charge in [0, 0.05) is 12.1 Å². The molecule has 0 spiro atoms. The summed E-state index contributed by atoms with van der Waals surface area (Å²) in [6.45, 7) is 0.869. The molecule has 1 saturated carbocycles. The smallest absolute Gasteiger partial charge is 0.168 e. The van der Waals surface area contributed by atoms with Crippen LogP contribution >= 0.6 is 0 Å². The predicted molar refractivity (Wildman–Crippen MR) is 57.9 cm³/mol. The molecular formula is C11H17N3O. The first-order valence-corrected chi connectivity index (χ1v) is 5.31. The number of hydrogen-bond acceptors (Lipinski definition) is 3. The van der Waals surface area contributed by atoms with Crippen LogP contribution in [0, 0.1) is 0 Å². The van der Waals surface area contributed by atoms with Crippen LogP contribution in [0.3, 0.4) is 0 Å². The highest BCUT2D eigenvalue weighted by Gasteiger charge is 2.39. The van der Waals surface area contributed by atoms with E-state index in [0.29, 0.717) is 5.69 Å². The summed E-state index contributed by atoms with van der Waals surface area (Å²) in [5.41, 5.74) is 0.904. The van der Waals surface area contributed by atoms with Crippen molar-refractivity contribution in [3.05, 3.63) is 18.2 Å². The number of aromatic nitrogens is 2. The van der Waals surface area contributed by atoms with Crippen LogP contribution in [0.1, 0.15) is 29.8 Å². The summed E-state index contributed by atoms with van der Waals surface area (Å²) in [5.74, 6) is 0. The molecule has 0 unspecified atom stereocenters. The molecule has 15 heavy (non-hydrogen) atoms. The molecular weight excluding hydrogens is 190 g/mol. The average molecular weight is 207 g/mol. The van der Waals surface area contributed by atoms with Crippen molar-refractivity contribution in [1.29, 1.82) is 0 Å². The molecule has 0 aliphatic heterocycles. The summed E-state index contributed by atoms with van der Waals surface area (Å²) in [4.78, 5) is 17.1. The van der Waals surface area contributed by atoms with Crippen LogP contribution in [0.5, 0.6) is 0 Å². The van der Waals surface area contributed by atoms with Crippen molar-refractivity contribution in [3.8, 4) is 0 Å². The quantitative estimate of drug-likeness (QED) is 0.696. The molecule has 0 radical (unpaired) electrons. The van der Waals surface area contributed by atoms with Crippen molar-refractivity contribution < 1.29 is 4.79 Å². The summed E-state index contributed by atoms with van der Waals surface area (Å²) in [7, 11) is 4.22. The van der Waals surface area contributed by atoms with Crippen molar-refractivity contribution in [3.63, 3.8) is 0 Å². The van der Waals surface area contributed by atoms with Crippen molar-refractivity contribution in [2.75, 3.05) is 14.1 Å². The Hall–Kier alpha value is -1.16. The number of aldehydes is 1. The SMILES string of the molecule is CN(C)C1(Cn2cncc2C=O)CCC1. The van der Waals surface area contributed by atoms with E-state index in [-0.39, 0.29) is 5.54 Å². The molecule has 0 bridgehead atoms. The van der Waals surface area contributed by atoms with Gasteiger partial charge in [-0.25, -0.2) is 4.98 Å². The molecule has 1 aliphatic rings. The second kappa shape index (κ2) is 3.77. The van der Waals surface area contributed by atoms with E-state index in [2.05, 4.69) is 24.0 Å². The van der Waals surface area contributed by atoms with E-state index < -0.39 is 0 Å². The van der Waals surface area contributed by atoms with Gasteiger partial charge in [-0.1, -0.05) is 0 Å². The normalized spacial score (nSPS) is 18.9. The zero-order valence-corrected chi connectivity index (χ0v) is 9.31. The van der Waals surface area contributed by atoms with Gasteiger partial charge in [0.2, 0.25) is 0 Å². The maximum absolute atomic E-state index is 10.8. The summed E-state index contributed by atoms with van der Waals surface area (Å²) < 4.78 is 1.95. The molecule has 0 N–H and O–H groups in total. The number of likely N-dealkylation sites (N-methyl/N-ethyl adjacent to an activating group) is 1. The van der Waals surface area contributed by atoms with Crippen molar-refractivity contribution in [1.82, 2.24) is 14.5 Å². The lowest BCUT2D eigenvalue weighted by Crippen LogP contribution is -2.53. The Morgan fingerprint density at radius 1 is 1.60 bits per heavy atom. The fourth-order valence-electron chi connectivity index (χ4n) is 2.21. The minimum Gasteiger partial charge on any atom is -0.327 e. The Balaban J connectivity index is 2.16. The van der Waals surface area contributed by atoms with E-state index in [1.807, 2.05) is 4.57 Å². The minimum absolute atomic E-state index is 0.235. The zero-order valence-electron chi connectivity index (χ0n) is 9.31. The molecule has 0 saturated heterocycles. The molecule has 4 heteroatoms. The average Bonchev–Trinajstić information content (AvgIpc) is 2.57. The van der Waals surface area contributed by atoms with Crippen LogP contribution in [0.15, 0.2) is 12.5 Å². The molecule has 1 heterocycles. The van der Waals surface area contributed by atoms with Gasteiger partial charge in [-0.15, -0.1) is 0 Å². The number of carbonyl (C=O) groups is 1. The highest BCUT2D eigenvalue weighted by molar-refractivity contribution is 5.71. The largest absolute Gasteiger partial charge is 0.327 e. The lowest BCUT2D eigenvalue weighted by Gasteiger charge is -2.47. The van der Waals surface area contributed by atoms with E-state index in [4.69, 9.17) is 0 Å². The second-order valence-corrected chi connectivity index (χ2v) is 4.54. The Labute approximate surface area is 89.9 Å². The fraction of sp³-hybridized carbons (Fsp3) is 0.636. The lowest BCUT2D eigenvalue weighted by atomic mass is 9.75. The van der Waals surface area contributed by atoms with Crippen molar-refractivity contribution >= 4 is 6.29 Å². The van der Waals surface area contributed by atoms with Gasteiger partial charge in [-0.3, -0.25) is 4.79 Å². The Bertz CT molecular complexity index is 352. The maximum atomic E-state index is 10.8. The van der Waals surface area contributed by atoms with E-state index in [0.717, 1.165) is 12.8 Å². The molecule has 0 aromatic carbocycles. The van der Waals surface area contributed by atoms with Crippen molar-refractivity contribution in [2.45, 2.75) is 31.3 Å². The molecule has 0 amide bonds. The number of imidazole rings is 1. The first kappa shape index (κ1) is 10.4. The molecule has 82 valence electrons. The highest BCUT2D eigenvalue weighted by Crippen LogP contribution is 2.37. The molecule has 4 nitrogen and oxygen atoms in total. The van der Waals surface area contributed by atoms with Crippen LogP contribution in [0.2, 0.25) is 0 Å². The maximum Gasteiger partial charge on any atom is 0.168 e. The van der Waals surface area contributed by atoms with Crippen LogP contribution in [-0.2, 0) is 6.54 Å². The van der Waals surface area contributed by atoms with Crippen LogP contribution in [0.25, 0.3) is 0 Å². The molecule has 1 fully saturated rings. The predicted octanol–water partition coefficient (Wildman–Crippen LogP) is 1.18.